The number of anilines is 2. The van der Waals surface area contributed by atoms with E-state index in [1.807, 2.05) is 24.4 Å². The van der Waals surface area contributed by atoms with Crippen LogP contribution in [-0.2, 0) is 5.41 Å². The normalized spacial score (nSPS) is 11.3. The van der Waals surface area contributed by atoms with Gasteiger partial charge in [0.2, 0.25) is 0 Å². The summed E-state index contributed by atoms with van der Waals surface area (Å²) in [5, 5.41) is 0. The van der Waals surface area contributed by atoms with Crippen LogP contribution in [0.5, 0.6) is 0 Å². The number of aromatic nitrogens is 1. The van der Waals surface area contributed by atoms with Gasteiger partial charge in [-0.3, -0.25) is 4.98 Å². The SMILES string of the molecule is CN(c1ccccc1)c1ccc(C(C)(C)C)nc1. The van der Waals surface area contributed by atoms with Gasteiger partial charge in [-0.05, 0) is 24.3 Å². The molecule has 0 atom stereocenters. The molecule has 0 saturated heterocycles. The Balaban J connectivity index is 2.25. The van der Waals surface area contributed by atoms with Gasteiger partial charge in [0.25, 0.3) is 0 Å². The summed E-state index contributed by atoms with van der Waals surface area (Å²) in [4.78, 5) is 6.69. The van der Waals surface area contributed by atoms with Crippen LogP contribution in [0.15, 0.2) is 48.7 Å². The molecule has 0 aliphatic heterocycles. The van der Waals surface area contributed by atoms with Crippen molar-refractivity contribution >= 4 is 11.4 Å². The molecule has 2 nitrogen and oxygen atoms in total. The Morgan fingerprint density at radius 3 is 2.06 bits per heavy atom. The summed E-state index contributed by atoms with van der Waals surface area (Å²) >= 11 is 0. The first-order chi connectivity index (χ1) is 8.48. The first-order valence-corrected chi connectivity index (χ1v) is 6.24. The summed E-state index contributed by atoms with van der Waals surface area (Å²) < 4.78 is 0. The number of hydrogen-bond donors (Lipinski definition) is 0. The van der Waals surface area contributed by atoms with Crippen molar-refractivity contribution < 1.29 is 0 Å². The van der Waals surface area contributed by atoms with Crippen LogP contribution in [0.25, 0.3) is 0 Å². The highest BCUT2D eigenvalue weighted by atomic mass is 15.1. The smallest absolute Gasteiger partial charge is 0.0594 e. The van der Waals surface area contributed by atoms with Gasteiger partial charge >= 0.3 is 0 Å². The van der Waals surface area contributed by atoms with Crippen LogP contribution in [0.4, 0.5) is 11.4 Å². The first-order valence-electron chi connectivity index (χ1n) is 6.24. The second-order valence-electron chi connectivity index (χ2n) is 5.55. The van der Waals surface area contributed by atoms with Gasteiger partial charge in [0.15, 0.2) is 0 Å². The number of nitrogens with zero attached hydrogens (tertiary/aromatic N) is 2. The summed E-state index contributed by atoms with van der Waals surface area (Å²) in [5.74, 6) is 0. The van der Waals surface area contributed by atoms with Gasteiger partial charge in [0.1, 0.15) is 0 Å². The lowest BCUT2D eigenvalue weighted by atomic mass is 9.92. The molecule has 2 aromatic rings. The van der Waals surface area contributed by atoms with Crippen molar-refractivity contribution in [1.82, 2.24) is 4.98 Å². The Morgan fingerprint density at radius 2 is 1.56 bits per heavy atom. The predicted molar refractivity (Wildman–Crippen MR) is 77.4 cm³/mol. The van der Waals surface area contributed by atoms with Crippen LogP contribution >= 0.6 is 0 Å². The lowest BCUT2D eigenvalue weighted by Gasteiger charge is -2.22. The van der Waals surface area contributed by atoms with Crippen molar-refractivity contribution in [2.45, 2.75) is 26.2 Å². The Bertz CT molecular complexity index is 495. The van der Waals surface area contributed by atoms with Gasteiger partial charge < -0.3 is 4.90 Å². The number of benzene rings is 1. The van der Waals surface area contributed by atoms with E-state index in [0.717, 1.165) is 11.4 Å². The summed E-state index contributed by atoms with van der Waals surface area (Å²) in [6.07, 6.45) is 1.94. The van der Waals surface area contributed by atoms with Gasteiger partial charge in [-0.15, -0.1) is 0 Å². The molecule has 0 aliphatic rings. The second-order valence-corrected chi connectivity index (χ2v) is 5.55. The van der Waals surface area contributed by atoms with Gasteiger partial charge in [-0.2, -0.15) is 0 Å². The molecule has 18 heavy (non-hydrogen) atoms. The molecule has 0 amide bonds. The monoisotopic (exact) mass is 240 g/mol. The van der Waals surface area contributed by atoms with Gasteiger partial charge in [0, 0.05) is 23.8 Å². The zero-order chi connectivity index (χ0) is 13.2. The minimum atomic E-state index is 0.101. The van der Waals surface area contributed by atoms with E-state index in [0.29, 0.717) is 0 Å². The summed E-state index contributed by atoms with van der Waals surface area (Å²) in [6, 6.07) is 14.5. The number of rotatable bonds is 2. The molecule has 2 rings (SSSR count). The fraction of sp³-hybridized carbons (Fsp3) is 0.312. The third-order valence-electron chi connectivity index (χ3n) is 3.05. The number of hydrogen-bond acceptors (Lipinski definition) is 2. The summed E-state index contributed by atoms with van der Waals surface area (Å²) in [6.45, 7) is 6.53. The minimum absolute atomic E-state index is 0.101. The van der Waals surface area contributed by atoms with Crippen LogP contribution < -0.4 is 4.90 Å². The Hall–Kier alpha value is -1.83. The third kappa shape index (κ3) is 2.70. The van der Waals surface area contributed by atoms with Crippen molar-refractivity contribution in [2.24, 2.45) is 0 Å². The topological polar surface area (TPSA) is 16.1 Å². The lowest BCUT2D eigenvalue weighted by molar-refractivity contribution is 0.569. The van der Waals surface area contributed by atoms with Crippen LogP contribution in [-0.4, -0.2) is 12.0 Å². The maximum absolute atomic E-state index is 4.55. The van der Waals surface area contributed by atoms with Crippen molar-refractivity contribution in [3.05, 3.63) is 54.4 Å². The minimum Gasteiger partial charge on any atom is -0.343 e. The zero-order valence-corrected chi connectivity index (χ0v) is 11.5. The molecule has 0 saturated carbocycles. The maximum Gasteiger partial charge on any atom is 0.0594 e. The Morgan fingerprint density at radius 1 is 0.889 bits per heavy atom. The van der Waals surface area contributed by atoms with Gasteiger partial charge in [-0.1, -0.05) is 39.0 Å². The molecule has 94 valence electrons. The highest BCUT2D eigenvalue weighted by molar-refractivity contribution is 5.61. The van der Waals surface area contributed by atoms with E-state index in [1.54, 1.807) is 0 Å². The molecule has 0 spiro atoms. The van der Waals surface area contributed by atoms with E-state index < -0.39 is 0 Å². The fourth-order valence-electron chi connectivity index (χ4n) is 1.83. The quantitative estimate of drug-likeness (QED) is 0.784. The molecule has 0 unspecified atom stereocenters. The van der Waals surface area contributed by atoms with E-state index in [-0.39, 0.29) is 5.41 Å². The molecule has 0 aliphatic carbocycles. The average Bonchev–Trinajstić information content (AvgIpc) is 2.38. The van der Waals surface area contributed by atoms with E-state index in [9.17, 15) is 0 Å². The van der Waals surface area contributed by atoms with E-state index in [2.05, 4.69) is 62.0 Å². The molecular weight excluding hydrogens is 220 g/mol. The molecule has 1 heterocycles. The average molecular weight is 240 g/mol. The van der Waals surface area contributed by atoms with E-state index in [4.69, 9.17) is 0 Å². The predicted octanol–water partition coefficient (Wildman–Crippen LogP) is 4.15. The molecule has 0 radical (unpaired) electrons. The van der Waals surface area contributed by atoms with Crippen molar-refractivity contribution in [2.75, 3.05) is 11.9 Å². The Kier molecular flexibility index (Phi) is 3.37. The fourth-order valence-corrected chi connectivity index (χ4v) is 1.83. The van der Waals surface area contributed by atoms with Crippen molar-refractivity contribution in [3.63, 3.8) is 0 Å². The van der Waals surface area contributed by atoms with E-state index in [1.165, 1.54) is 5.69 Å². The van der Waals surface area contributed by atoms with Gasteiger partial charge in [0.05, 0.1) is 11.9 Å². The molecule has 0 bridgehead atoms. The highest BCUT2D eigenvalue weighted by Gasteiger charge is 2.15. The molecule has 0 N–H and O–H groups in total. The molecule has 1 aromatic heterocycles. The van der Waals surface area contributed by atoms with E-state index >= 15 is 0 Å². The van der Waals surface area contributed by atoms with Crippen molar-refractivity contribution in [3.8, 4) is 0 Å². The highest BCUT2D eigenvalue weighted by Crippen LogP contribution is 2.25. The molecule has 0 fully saturated rings. The summed E-state index contributed by atoms with van der Waals surface area (Å²) in [7, 11) is 2.06. The van der Waals surface area contributed by atoms with Crippen LogP contribution in [0, 0.1) is 0 Å². The largest absolute Gasteiger partial charge is 0.343 e. The Labute approximate surface area is 109 Å². The van der Waals surface area contributed by atoms with Crippen molar-refractivity contribution in [1.29, 1.82) is 0 Å². The molecular formula is C16H20N2. The number of pyridine rings is 1. The lowest BCUT2D eigenvalue weighted by Crippen LogP contribution is -2.15. The third-order valence-corrected chi connectivity index (χ3v) is 3.05. The standard InChI is InChI=1S/C16H20N2/c1-16(2,3)15-11-10-14(12-17-15)18(4)13-8-6-5-7-9-13/h5-12H,1-4H3. The van der Waals surface area contributed by atoms with Crippen LogP contribution in [0.2, 0.25) is 0 Å². The second kappa shape index (κ2) is 4.81. The molecule has 1 aromatic carbocycles. The molecule has 2 heteroatoms. The number of para-hydroxylation sites is 1. The maximum atomic E-state index is 4.55. The van der Waals surface area contributed by atoms with Crippen LogP contribution in [0.3, 0.4) is 0 Å². The first kappa shape index (κ1) is 12.6. The van der Waals surface area contributed by atoms with Gasteiger partial charge in [-0.25, -0.2) is 0 Å². The zero-order valence-electron chi connectivity index (χ0n) is 11.5. The van der Waals surface area contributed by atoms with Crippen LogP contribution in [0.1, 0.15) is 26.5 Å². The summed E-state index contributed by atoms with van der Waals surface area (Å²) in [5.41, 5.74) is 3.49.